The first-order valence-electron chi connectivity index (χ1n) is 6.13. The lowest BCUT2D eigenvalue weighted by atomic mass is 10.4. The van der Waals surface area contributed by atoms with E-state index < -0.39 is 0 Å². The van der Waals surface area contributed by atoms with Gasteiger partial charge in [0.15, 0.2) is 0 Å². The van der Waals surface area contributed by atoms with Crippen LogP contribution in [0.2, 0.25) is 5.28 Å². The normalized spacial score (nSPS) is 10.9. The van der Waals surface area contributed by atoms with Crippen LogP contribution in [0.5, 0.6) is 0 Å². The second-order valence-electron chi connectivity index (χ2n) is 4.02. The Kier molecular flexibility index (Phi) is 6.22. The summed E-state index contributed by atoms with van der Waals surface area (Å²) < 4.78 is 0. The zero-order valence-electron chi connectivity index (χ0n) is 10.8. The predicted molar refractivity (Wildman–Crippen MR) is 72.7 cm³/mol. The minimum Gasteiger partial charge on any atom is -0.369 e. The van der Waals surface area contributed by atoms with Gasteiger partial charge in [-0.3, -0.25) is 0 Å². The second-order valence-corrected chi connectivity index (χ2v) is 4.36. The summed E-state index contributed by atoms with van der Waals surface area (Å²) in [6.45, 7) is 10.4. The number of nitrogens with zero attached hydrogens (tertiary/aromatic N) is 3. The minimum absolute atomic E-state index is 0.299. The van der Waals surface area contributed by atoms with Crippen LogP contribution in [0.3, 0.4) is 0 Å². The molecular formula is C12H21ClN4. The fraction of sp³-hybridized carbons (Fsp3) is 0.667. The van der Waals surface area contributed by atoms with Crippen LogP contribution in [0.25, 0.3) is 0 Å². The lowest BCUT2D eigenvalue weighted by Crippen LogP contribution is -2.29. The van der Waals surface area contributed by atoms with Crippen LogP contribution in [0.4, 0.5) is 5.82 Å². The van der Waals surface area contributed by atoms with Gasteiger partial charge in [0.05, 0.1) is 0 Å². The number of rotatable bonds is 7. The van der Waals surface area contributed by atoms with Gasteiger partial charge in [-0.05, 0) is 38.0 Å². The number of hydrogen-bond acceptors (Lipinski definition) is 4. The molecule has 4 nitrogen and oxygen atoms in total. The molecule has 1 aromatic rings. The van der Waals surface area contributed by atoms with E-state index in [1.54, 1.807) is 0 Å². The van der Waals surface area contributed by atoms with Gasteiger partial charge in [0.25, 0.3) is 0 Å². The van der Waals surface area contributed by atoms with E-state index in [1.807, 2.05) is 13.0 Å². The van der Waals surface area contributed by atoms with Crippen molar-refractivity contribution in [3.05, 3.63) is 17.0 Å². The number of aryl methyl sites for hydroxylation is 1. The molecule has 0 aliphatic carbocycles. The summed E-state index contributed by atoms with van der Waals surface area (Å²) in [4.78, 5) is 10.6. The highest BCUT2D eigenvalue weighted by Crippen LogP contribution is 2.09. The van der Waals surface area contributed by atoms with Crippen molar-refractivity contribution in [3.63, 3.8) is 0 Å². The molecule has 0 atom stereocenters. The molecule has 0 saturated heterocycles. The Balaban J connectivity index is 2.39. The van der Waals surface area contributed by atoms with E-state index >= 15 is 0 Å². The third-order valence-corrected chi connectivity index (χ3v) is 2.72. The molecule has 0 aliphatic heterocycles. The van der Waals surface area contributed by atoms with Crippen molar-refractivity contribution in [1.29, 1.82) is 0 Å². The highest BCUT2D eigenvalue weighted by atomic mass is 35.5. The van der Waals surface area contributed by atoms with Gasteiger partial charge in [0.2, 0.25) is 5.28 Å². The first-order valence-corrected chi connectivity index (χ1v) is 6.51. The summed E-state index contributed by atoms with van der Waals surface area (Å²) in [7, 11) is 0. The topological polar surface area (TPSA) is 41.0 Å². The first-order chi connectivity index (χ1) is 8.15. The van der Waals surface area contributed by atoms with Crippen LogP contribution >= 0.6 is 11.6 Å². The molecule has 1 rings (SSSR count). The number of anilines is 1. The van der Waals surface area contributed by atoms with Gasteiger partial charge in [-0.1, -0.05) is 13.8 Å². The van der Waals surface area contributed by atoms with Crippen molar-refractivity contribution >= 4 is 17.4 Å². The molecule has 5 heteroatoms. The summed E-state index contributed by atoms with van der Waals surface area (Å²) in [5.74, 6) is 0.801. The van der Waals surface area contributed by atoms with Gasteiger partial charge in [-0.2, -0.15) is 0 Å². The third kappa shape index (κ3) is 5.33. The Labute approximate surface area is 108 Å². The lowest BCUT2D eigenvalue weighted by Gasteiger charge is -2.19. The Morgan fingerprint density at radius 1 is 1.29 bits per heavy atom. The smallest absolute Gasteiger partial charge is 0.224 e. The van der Waals surface area contributed by atoms with E-state index in [4.69, 9.17) is 11.6 Å². The molecule has 17 heavy (non-hydrogen) atoms. The maximum absolute atomic E-state index is 5.80. The Hall–Kier alpha value is -0.870. The van der Waals surface area contributed by atoms with Crippen LogP contribution in [0, 0.1) is 6.92 Å². The molecule has 0 saturated carbocycles. The molecule has 0 radical (unpaired) electrons. The van der Waals surface area contributed by atoms with Crippen molar-refractivity contribution in [1.82, 2.24) is 14.9 Å². The van der Waals surface area contributed by atoms with Crippen molar-refractivity contribution in [2.75, 3.05) is 31.5 Å². The molecule has 0 fully saturated rings. The maximum atomic E-state index is 5.80. The first kappa shape index (κ1) is 14.2. The van der Waals surface area contributed by atoms with Crippen LogP contribution in [-0.2, 0) is 0 Å². The van der Waals surface area contributed by atoms with Gasteiger partial charge in [-0.25, -0.2) is 9.97 Å². The highest BCUT2D eigenvalue weighted by molar-refractivity contribution is 6.28. The molecular weight excluding hydrogens is 236 g/mol. The molecule has 96 valence electrons. The van der Waals surface area contributed by atoms with Crippen molar-refractivity contribution in [2.24, 2.45) is 0 Å². The Morgan fingerprint density at radius 2 is 2.06 bits per heavy atom. The minimum atomic E-state index is 0.299. The molecule has 1 N–H and O–H groups in total. The monoisotopic (exact) mass is 256 g/mol. The summed E-state index contributed by atoms with van der Waals surface area (Å²) in [6.07, 6.45) is 1.19. The Bertz CT molecular complexity index is 323. The summed E-state index contributed by atoms with van der Waals surface area (Å²) in [5, 5.41) is 3.57. The lowest BCUT2D eigenvalue weighted by molar-refractivity contribution is 0.300. The molecule has 0 unspecified atom stereocenters. The van der Waals surface area contributed by atoms with Crippen LogP contribution < -0.4 is 5.32 Å². The molecule has 0 aromatic carbocycles. The van der Waals surface area contributed by atoms with Crippen LogP contribution in [0.15, 0.2) is 6.07 Å². The van der Waals surface area contributed by atoms with Crippen molar-refractivity contribution in [2.45, 2.75) is 27.2 Å². The number of nitrogens with one attached hydrogen (secondary N) is 1. The van der Waals surface area contributed by atoms with E-state index in [0.29, 0.717) is 5.28 Å². The molecule has 1 aromatic heterocycles. The van der Waals surface area contributed by atoms with E-state index in [1.165, 1.54) is 6.42 Å². The van der Waals surface area contributed by atoms with Gasteiger partial charge in [-0.15, -0.1) is 0 Å². The molecule has 0 amide bonds. The molecule has 0 spiro atoms. The molecule has 0 aliphatic rings. The zero-order chi connectivity index (χ0) is 12.7. The number of hydrogen-bond donors (Lipinski definition) is 1. The average molecular weight is 257 g/mol. The fourth-order valence-corrected chi connectivity index (χ4v) is 1.93. The SMILES string of the molecule is CCCN(CC)CCNc1cc(C)nc(Cl)n1. The average Bonchev–Trinajstić information content (AvgIpc) is 2.26. The zero-order valence-corrected chi connectivity index (χ0v) is 11.6. The largest absolute Gasteiger partial charge is 0.369 e. The quantitative estimate of drug-likeness (QED) is 0.762. The fourth-order valence-electron chi connectivity index (χ4n) is 1.71. The van der Waals surface area contributed by atoms with Crippen molar-refractivity contribution in [3.8, 4) is 0 Å². The van der Waals surface area contributed by atoms with Gasteiger partial charge < -0.3 is 10.2 Å². The summed E-state index contributed by atoms with van der Waals surface area (Å²) in [5.41, 5.74) is 0.883. The van der Waals surface area contributed by atoms with E-state index in [9.17, 15) is 0 Å². The van der Waals surface area contributed by atoms with Gasteiger partial charge in [0.1, 0.15) is 5.82 Å². The number of aromatic nitrogens is 2. The standard InChI is InChI=1S/C12H21ClN4/c1-4-7-17(5-2)8-6-14-11-9-10(3)15-12(13)16-11/h9H,4-8H2,1-3H3,(H,14,15,16). The molecule has 0 bridgehead atoms. The van der Waals surface area contributed by atoms with E-state index in [0.717, 1.165) is 37.7 Å². The number of likely N-dealkylation sites (N-methyl/N-ethyl adjacent to an activating group) is 1. The second kappa shape index (κ2) is 7.45. The van der Waals surface area contributed by atoms with Crippen LogP contribution in [-0.4, -0.2) is 41.0 Å². The summed E-state index contributed by atoms with van der Waals surface area (Å²) >= 11 is 5.80. The van der Waals surface area contributed by atoms with Gasteiger partial charge >= 0.3 is 0 Å². The maximum Gasteiger partial charge on any atom is 0.224 e. The highest BCUT2D eigenvalue weighted by Gasteiger charge is 2.02. The number of halogens is 1. The predicted octanol–water partition coefficient (Wildman–Crippen LogP) is 2.58. The molecule has 1 heterocycles. The Morgan fingerprint density at radius 3 is 2.65 bits per heavy atom. The van der Waals surface area contributed by atoms with E-state index in [-0.39, 0.29) is 0 Å². The summed E-state index contributed by atoms with van der Waals surface area (Å²) in [6, 6.07) is 1.90. The van der Waals surface area contributed by atoms with Crippen LogP contribution in [0.1, 0.15) is 26.0 Å². The van der Waals surface area contributed by atoms with Gasteiger partial charge in [0, 0.05) is 24.8 Å². The van der Waals surface area contributed by atoms with Crippen molar-refractivity contribution < 1.29 is 0 Å². The van der Waals surface area contributed by atoms with E-state index in [2.05, 4.69) is 34.0 Å². The third-order valence-electron chi connectivity index (χ3n) is 2.55.